The standard InChI is InChI=1S/C27H28F3N3O5/c1-3-12-32(26(35)31-21-8-6-20(7-9-21)27(28,29)30)16-25(34)33(15-22-10-4-18(2)38-22)14-19-5-11-23-24(13-19)37-17-36-23/h4-11,13H,3,12,14-17H2,1-2H3,(H,31,35). The van der Waals surface area contributed by atoms with Crippen LogP contribution >= 0.6 is 0 Å². The fourth-order valence-corrected chi connectivity index (χ4v) is 3.98. The molecule has 0 bridgehead atoms. The Labute approximate surface area is 217 Å². The Balaban J connectivity index is 1.48. The number of carbonyl (C=O) groups is 2. The van der Waals surface area contributed by atoms with Crippen molar-refractivity contribution in [3.63, 3.8) is 0 Å². The first-order valence-electron chi connectivity index (χ1n) is 12.1. The average Bonchev–Trinajstić information content (AvgIpc) is 3.51. The zero-order valence-electron chi connectivity index (χ0n) is 21.0. The number of furan rings is 1. The fourth-order valence-electron chi connectivity index (χ4n) is 3.98. The summed E-state index contributed by atoms with van der Waals surface area (Å²) >= 11 is 0. The van der Waals surface area contributed by atoms with E-state index < -0.39 is 17.8 Å². The van der Waals surface area contributed by atoms with Gasteiger partial charge in [0.15, 0.2) is 11.5 Å². The second-order valence-electron chi connectivity index (χ2n) is 8.88. The van der Waals surface area contributed by atoms with Gasteiger partial charge in [0.1, 0.15) is 18.1 Å². The van der Waals surface area contributed by atoms with Gasteiger partial charge in [-0.3, -0.25) is 4.79 Å². The van der Waals surface area contributed by atoms with Gasteiger partial charge in [0.2, 0.25) is 12.7 Å². The maximum absolute atomic E-state index is 13.5. The second-order valence-corrected chi connectivity index (χ2v) is 8.88. The van der Waals surface area contributed by atoms with Crippen LogP contribution in [0.4, 0.5) is 23.7 Å². The number of halogens is 3. The molecule has 3 aromatic rings. The van der Waals surface area contributed by atoms with Crippen LogP contribution in [-0.2, 0) is 24.1 Å². The number of nitrogens with zero attached hydrogens (tertiary/aromatic N) is 2. The van der Waals surface area contributed by atoms with Gasteiger partial charge in [0.05, 0.1) is 12.1 Å². The van der Waals surface area contributed by atoms with Crippen LogP contribution in [0, 0.1) is 6.92 Å². The number of benzene rings is 2. The third-order valence-corrected chi connectivity index (χ3v) is 5.88. The molecule has 1 aliphatic rings. The second kappa shape index (κ2) is 11.5. The van der Waals surface area contributed by atoms with Crippen LogP contribution in [0.15, 0.2) is 59.0 Å². The van der Waals surface area contributed by atoms with E-state index in [1.165, 1.54) is 17.0 Å². The molecule has 202 valence electrons. The summed E-state index contributed by atoms with van der Waals surface area (Å²) in [4.78, 5) is 29.3. The zero-order valence-corrected chi connectivity index (χ0v) is 21.0. The molecule has 1 N–H and O–H groups in total. The summed E-state index contributed by atoms with van der Waals surface area (Å²) < 4.78 is 55.0. The van der Waals surface area contributed by atoms with Gasteiger partial charge in [-0.2, -0.15) is 13.2 Å². The largest absolute Gasteiger partial charge is 0.464 e. The number of nitrogens with one attached hydrogen (secondary N) is 1. The minimum Gasteiger partial charge on any atom is -0.464 e. The lowest BCUT2D eigenvalue weighted by Crippen LogP contribution is -2.44. The van der Waals surface area contributed by atoms with Crippen molar-refractivity contribution in [2.45, 2.75) is 39.5 Å². The minimum atomic E-state index is -4.48. The summed E-state index contributed by atoms with van der Waals surface area (Å²) in [6, 6.07) is 12.6. The number of aryl methyl sites for hydroxylation is 1. The number of hydrogen-bond acceptors (Lipinski definition) is 5. The molecule has 2 heterocycles. The van der Waals surface area contributed by atoms with Crippen molar-refractivity contribution >= 4 is 17.6 Å². The van der Waals surface area contributed by atoms with Gasteiger partial charge >= 0.3 is 12.2 Å². The Bertz CT molecular complexity index is 1270. The van der Waals surface area contributed by atoms with Crippen LogP contribution in [-0.4, -0.2) is 41.6 Å². The van der Waals surface area contributed by atoms with Crippen molar-refractivity contribution in [1.29, 1.82) is 0 Å². The predicted octanol–water partition coefficient (Wildman–Crippen LogP) is 5.81. The highest BCUT2D eigenvalue weighted by molar-refractivity contribution is 5.92. The number of carbonyl (C=O) groups excluding carboxylic acids is 2. The van der Waals surface area contributed by atoms with Gasteiger partial charge < -0.3 is 29.0 Å². The van der Waals surface area contributed by atoms with Crippen LogP contribution < -0.4 is 14.8 Å². The molecule has 4 rings (SSSR count). The van der Waals surface area contributed by atoms with Gasteiger partial charge in [-0.1, -0.05) is 13.0 Å². The van der Waals surface area contributed by atoms with Crippen LogP contribution in [0.3, 0.4) is 0 Å². The summed E-state index contributed by atoms with van der Waals surface area (Å²) in [5.41, 5.74) is 0.186. The molecule has 0 fully saturated rings. The van der Waals surface area contributed by atoms with Crippen LogP contribution in [0.1, 0.15) is 36.0 Å². The number of fused-ring (bicyclic) bond motifs is 1. The molecule has 11 heteroatoms. The van der Waals surface area contributed by atoms with Crippen LogP contribution in [0.25, 0.3) is 0 Å². The Morgan fingerprint density at radius 1 is 0.947 bits per heavy atom. The third kappa shape index (κ3) is 6.78. The van der Waals surface area contributed by atoms with Gasteiger partial charge in [-0.05, 0) is 67.4 Å². The first-order valence-corrected chi connectivity index (χ1v) is 12.1. The Morgan fingerprint density at radius 2 is 1.68 bits per heavy atom. The molecule has 1 aromatic heterocycles. The smallest absolute Gasteiger partial charge is 0.416 e. The van der Waals surface area contributed by atoms with E-state index in [0.717, 1.165) is 17.7 Å². The maximum atomic E-state index is 13.5. The van der Waals surface area contributed by atoms with Gasteiger partial charge in [0, 0.05) is 18.8 Å². The number of hydrogen-bond donors (Lipinski definition) is 1. The molecule has 0 radical (unpaired) electrons. The SMILES string of the molecule is CCCN(CC(=O)N(Cc1ccc2c(c1)OCO2)Cc1ccc(C)o1)C(=O)Nc1ccc(C(F)(F)F)cc1. The minimum absolute atomic E-state index is 0.132. The summed E-state index contributed by atoms with van der Waals surface area (Å²) in [6.07, 6.45) is -3.90. The molecule has 0 spiro atoms. The highest BCUT2D eigenvalue weighted by atomic mass is 19.4. The van der Waals surface area contributed by atoms with Crippen molar-refractivity contribution in [3.8, 4) is 11.5 Å². The van der Waals surface area contributed by atoms with E-state index in [4.69, 9.17) is 13.9 Å². The summed E-state index contributed by atoms with van der Waals surface area (Å²) in [6.45, 7) is 4.26. The highest BCUT2D eigenvalue weighted by Crippen LogP contribution is 2.33. The molecule has 3 amide bonds. The van der Waals surface area contributed by atoms with E-state index in [9.17, 15) is 22.8 Å². The summed E-state index contributed by atoms with van der Waals surface area (Å²) in [5.74, 6) is 2.19. The number of amides is 3. The molecule has 0 atom stereocenters. The van der Waals surface area contributed by atoms with E-state index >= 15 is 0 Å². The summed E-state index contributed by atoms with van der Waals surface area (Å²) in [7, 11) is 0. The molecule has 0 saturated carbocycles. The average molecular weight is 532 g/mol. The Hall–Kier alpha value is -4.15. The van der Waals surface area contributed by atoms with Gasteiger partial charge in [-0.25, -0.2) is 4.79 Å². The van der Waals surface area contributed by atoms with E-state index in [2.05, 4.69) is 5.32 Å². The number of rotatable bonds is 9. The molecule has 8 nitrogen and oxygen atoms in total. The monoisotopic (exact) mass is 531 g/mol. The Kier molecular flexibility index (Phi) is 8.13. The van der Waals surface area contributed by atoms with Crippen molar-refractivity contribution in [1.82, 2.24) is 9.80 Å². The zero-order chi connectivity index (χ0) is 27.3. The lowest BCUT2D eigenvalue weighted by atomic mass is 10.2. The lowest BCUT2D eigenvalue weighted by Gasteiger charge is -2.27. The number of alkyl halides is 3. The number of anilines is 1. The molecular weight excluding hydrogens is 503 g/mol. The molecule has 0 aliphatic carbocycles. The maximum Gasteiger partial charge on any atom is 0.416 e. The molecule has 0 unspecified atom stereocenters. The van der Waals surface area contributed by atoms with E-state index in [1.54, 1.807) is 29.2 Å². The van der Waals surface area contributed by atoms with Gasteiger partial charge in [0.25, 0.3) is 0 Å². The van der Waals surface area contributed by atoms with Crippen molar-refractivity contribution < 1.29 is 36.7 Å². The quantitative estimate of drug-likeness (QED) is 0.377. The molecule has 0 saturated heterocycles. The number of ether oxygens (including phenoxy) is 2. The van der Waals surface area contributed by atoms with Crippen molar-refractivity contribution in [2.75, 3.05) is 25.2 Å². The van der Waals surface area contributed by atoms with E-state index in [1.807, 2.05) is 19.9 Å². The summed E-state index contributed by atoms with van der Waals surface area (Å²) in [5, 5.41) is 2.58. The first-order chi connectivity index (χ1) is 18.1. The lowest BCUT2D eigenvalue weighted by molar-refractivity contribution is -0.137. The molecule has 1 aliphatic heterocycles. The normalized spacial score (nSPS) is 12.3. The highest BCUT2D eigenvalue weighted by Gasteiger charge is 2.30. The van der Waals surface area contributed by atoms with Crippen LogP contribution in [0.5, 0.6) is 11.5 Å². The molecule has 38 heavy (non-hydrogen) atoms. The predicted molar refractivity (Wildman–Crippen MR) is 133 cm³/mol. The van der Waals surface area contributed by atoms with Crippen molar-refractivity contribution in [2.24, 2.45) is 0 Å². The molecular formula is C27H28F3N3O5. The van der Waals surface area contributed by atoms with Gasteiger partial charge in [-0.15, -0.1) is 0 Å². The topological polar surface area (TPSA) is 84.2 Å². The van der Waals surface area contributed by atoms with Crippen molar-refractivity contribution in [3.05, 3.63) is 77.2 Å². The van der Waals surface area contributed by atoms with E-state index in [0.29, 0.717) is 29.4 Å². The third-order valence-electron chi connectivity index (χ3n) is 5.88. The van der Waals surface area contributed by atoms with Crippen LogP contribution in [0.2, 0.25) is 0 Å². The molecule has 2 aromatic carbocycles. The van der Waals surface area contributed by atoms with E-state index in [-0.39, 0.29) is 44.6 Å². The fraction of sp³-hybridized carbons (Fsp3) is 0.333. The number of urea groups is 1. The Morgan fingerprint density at radius 3 is 2.34 bits per heavy atom. The first kappa shape index (κ1) is 26.9.